The van der Waals surface area contributed by atoms with E-state index in [1.807, 2.05) is 0 Å². The SMILES string of the molecule is CCN(C(=O)Cn1nc(-c2ccc([N+](=O)[O-])cc2Cl)oc1=O)c1nncs1. The third-order valence-corrected chi connectivity index (χ3v) is 4.51. The van der Waals surface area contributed by atoms with Gasteiger partial charge in [-0.15, -0.1) is 15.3 Å². The van der Waals surface area contributed by atoms with Crippen molar-refractivity contribution in [2.75, 3.05) is 11.4 Å². The van der Waals surface area contributed by atoms with Crippen molar-refractivity contribution < 1.29 is 14.1 Å². The Hall–Kier alpha value is -3.12. The van der Waals surface area contributed by atoms with Crippen LogP contribution in [0.15, 0.2) is 32.9 Å². The number of hydrogen-bond donors (Lipinski definition) is 0. The number of carbonyl (C=O) groups excluding carboxylic acids is 1. The van der Waals surface area contributed by atoms with Gasteiger partial charge in [0.05, 0.1) is 15.5 Å². The molecule has 0 bridgehead atoms. The van der Waals surface area contributed by atoms with Crippen LogP contribution in [0.2, 0.25) is 5.02 Å². The van der Waals surface area contributed by atoms with Gasteiger partial charge in [-0.05, 0) is 13.0 Å². The summed E-state index contributed by atoms with van der Waals surface area (Å²) < 4.78 is 5.88. The number of amides is 1. The predicted molar refractivity (Wildman–Crippen MR) is 95.8 cm³/mol. The zero-order valence-electron chi connectivity index (χ0n) is 13.7. The van der Waals surface area contributed by atoms with Gasteiger partial charge in [-0.2, -0.15) is 4.68 Å². The summed E-state index contributed by atoms with van der Waals surface area (Å²) in [4.78, 5) is 36.0. The standard InChI is InChI=1S/C14H11ClN6O5S/c1-2-19(13-17-16-7-27-13)11(22)6-20-14(23)26-12(18-20)9-4-3-8(21(24)25)5-10(9)15/h3-5,7H,2,6H2,1H3. The molecule has 13 heteroatoms. The molecule has 0 unspecified atom stereocenters. The second-order valence-corrected chi connectivity index (χ2v) is 6.33. The fourth-order valence-electron chi connectivity index (χ4n) is 2.22. The maximum Gasteiger partial charge on any atom is 0.437 e. The lowest BCUT2D eigenvalue weighted by Crippen LogP contribution is -2.36. The molecule has 11 nitrogen and oxygen atoms in total. The number of halogens is 1. The number of carbonyl (C=O) groups is 1. The number of nitro groups is 1. The van der Waals surface area contributed by atoms with Gasteiger partial charge >= 0.3 is 5.76 Å². The molecule has 3 rings (SSSR count). The third kappa shape index (κ3) is 3.85. The number of hydrogen-bond acceptors (Lipinski definition) is 9. The number of non-ortho nitro benzene ring substituents is 1. The lowest BCUT2D eigenvalue weighted by molar-refractivity contribution is -0.384. The Labute approximate surface area is 160 Å². The van der Waals surface area contributed by atoms with Crippen LogP contribution in [0, 0.1) is 10.1 Å². The summed E-state index contributed by atoms with van der Waals surface area (Å²) in [6, 6.07) is 3.65. The van der Waals surface area contributed by atoms with E-state index in [-0.39, 0.29) is 28.7 Å². The maximum atomic E-state index is 12.4. The van der Waals surface area contributed by atoms with Crippen LogP contribution < -0.4 is 10.7 Å². The van der Waals surface area contributed by atoms with Crippen molar-refractivity contribution >= 4 is 39.7 Å². The Morgan fingerprint density at radius 3 is 2.85 bits per heavy atom. The first kappa shape index (κ1) is 18.7. The van der Waals surface area contributed by atoms with E-state index in [1.54, 1.807) is 6.92 Å². The van der Waals surface area contributed by atoms with Gasteiger partial charge in [-0.25, -0.2) is 4.79 Å². The number of nitro benzene ring substituents is 1. The molecule has 0 aliphatic carbocycles. The van der Waals surface area contributed by atoms with Crippen molar-refractivity contribution in [1.82, 2.24) is 20.0 Å². The number of aromatic nitrogens is 4. The predicted octanol–water partition coefficient (Wildman–Crippen LogP) is 1.97. The molecule has 0 atom stereocenters. The minimum absolute atomic E-state index is 0.00651. The van der Waals surface area contributed by atoms with Crippen LogP contribution in [0.1, 0.15) is 6.92 Å². The van der Waals surface area contributed by atoms with Crippen LogP contribution in [0.25, 0.3) is 11.5 Å². The topological polar surface area (TPSA) is 137 Å². The summed E-state index contributed by atoms with van der Waals surface area (Å²) in [5.41, 5.74) is 1.47. The third-order valence-electron chi connectivity index (χ3n) is 3.48. The first-order valence-corrected chi connectivity index (χ1v) is 8.75. The molecule has 3 aromatic rings. The van der Waals surface area contributed by atoms with Crippen LogP contribution >= 0.6 is 22.9 Å². The van der Waals surface area contributed by atoms with Gasteiger partial charge in [0.25, 0.3) is 17.5 Å². The molecular weight excluding hydrogens is 400 g/mol. The van der Waals surface area contributed by atoms with Crippen molar-refractivity contribution in [3.8, 4) is 11.5 Å². The van der Waals surface area contributed by atoms with Crippen LogP contribution in [0.5, 0.6) is 0 Å². The lowest BCUT2D eigenvalue weighted by Gasteiger charge is -2.16. The minimum atomic E-state index is -0.860. The highest BCUT2D eigenvalue weighted by molar-refractivity contribution is 7.13. The summed E-state index contributed by atoms with van der Waals surface area (Å²) >= 11 is 7.20. The van der Waals surface area contributed by atoms with E-state index < -0.39 is 16.6 Å². The smallest absolute Gasteiger partial charge is 0.388 e. The van der Waals surface area contributed by atoms with E-state index in [4.69, 9.17) is 16.0 Å². The van der Waals surface area contributed by atoms with Crippen molar-refractivity contribution in [3.63, 3.8) is 0 Å². The van der Waals surface area contributed by atoms with Crippen LogP contribution in [-0.2, 0) is 11.3 Å². The molecule has 0 aliphatic heterocycles. The van der Waals surface area contributed by atoms with Gasteiger partial charge in [0.15, 0.2) is 0 Å². The number of nitrogens with zero attached hydrogens (tertiary/aromatic N) is 6. The van der Waals surface area contributed by atoms with E-state index in [0.29, 0.717) is 11.7 Å². The van der Waals surface area contributed by atoms with Crippen LogP contribution in [-0.4, -0.2) is 37.4 Å². The summed E-state index contributed by atoms with van der Waals surface area (Å²) in [6.07, 6.45) is 0. The Bertz CT molecular complexity index is 1050. The van der Waals surface area contributed by atoms with E-state index in [1.165, 1.54) is 33.9 Å². The Balaban J connectivity index is 1.86. The minimum Gasteiger partial charge on any atom is -0.388 e. The van der Waals surface area contributed by atoms with Gasteiger partial charge in [0.1, 0.15) is 12.1 Å². The van der Waals surface area contributed by atoms with Gasteiger partial charge in [-0.3, -0.25) is 19.8 Å². The van der Waals surface area contributed by atoms with Gasteiger partial charge < -0.3 is 4.42 Å². The van der Waals surface area contributed by atoms with Gasteiger partial charge in [0.2, 0.25) is 5.13 Å². The normalized spacial score (nSPS) is 10.7. The first-order chi connectivity index (χ1) is 12.9. The molecule has 2 aromatic heterocycles. The molecule has 0 radical (unpaired) electrons. The second-order valence-electron chi connectivity index (χ2n) is 5.11. The molecule has 140 valence electrons. The Kier molecular flexibility index (Phi) is 5.28. The molecule has 0 N–H and O–H groups in total. The van der Waals surface area contributed by atoms with Crippen LogP contribution in [0.3, 0.4) is 0 Å². The van der Waals surface area contributed by atoms with Crippen molar-refractivity contribution in [3.05, 3.63) is 49.4 Å². The number of rotatable bonds is 6. The maximum absolute atomic E-state index is 12.4. The Morgan fingerprint density at radius 2 is 2.26 bits per heavy atom. The molecule has 0 saturated heterocycles. The molecule has 0 spiro atoms. The summed E-state index contributed by atoms with van der Waals surface area (Å²) in [6.45, 7) is 1.72. The van der Waals surface area contributed by atoms with E-state index in [2.05, 4.69) is 15.3 Å². The largest absolute Gasteiger partial charge is 0.437 e. The van der Waals surface area contributed by atoms with Crippen molar-refractivity contribution in [2.45, 2.75) is 13.5 Å². The van der Waals surface area contributed by atoms with Gasteiger partial charge in [0, 0.05) is 18.7 Å². The number of anilines is 1. The van der Waals surface area contributed by atoms with E-state index in [0.717, 1.165) is 10.7 Å². The zero-order chi connectivity index (χ0) is 19.6. The molecular formula is C14H11ClN6O5S. The summed E-state index contributed by atoms with van der Waals surface area (Å²) in [5, 5.41) is 22.6. The average molecular weight is 411 g/mol. The molecule has 2 heterocycles. The molecule has 0 aliphatic rings. The quantitative estimate of drug-likeness (QED) is 0.444. The fraction of sp³-hybridized carbons (Fsp3) is 0.214. The second kappa shape index (κ2) is 7.63. The highest BCUT2D eigenvalue weighted by Crippen LogP contribution is 2.29. The van der Waals surface area contributed by atoms with Gasteiger partial charge in [-0.1, -0.05) is 22.9 Å². The summed E-state index contributed by atoms with van der Waals surface area (Å²) in [7, 11) is 0. The highest BCUT2D eigenvalue weighted by atomic mass is 35.5. The van der Waals surface area contributed by atoms with E-state index >= 15 is 0 Å². The average Bonchev–Trinajstić information content (AvgIpc) is 3.26. The fourth-order valence-corrected chi connectivity index (χ4v) is 3.12. The molecule has 1 amide bonds. The lowest BCUT2D eigenvalue weighted by atomic mass is 10.2. The zero-order valence-corrected chi connectivity index (χ0v) is 15.3. The van der Waals surface area contributed by atoms with Crippen molar-refractivity contribution in [1.29, 1.82) is 0 Å². The number of likely N-dealkylation sites (N-methyl/N-ethyl adjacent to an activating group) is 1. The monoisotopic (exact) mass is 410 g/mol. The van der Waals surface area contributed by atoms with Crippen molar-refractivity contribution in [2.24, 2.45) is 0 Å². The molecule has 1 aromatic carbocycles. The van der Waals surface area contributed by atoms with Crippen LogP contribution in [0.4, 0.5) is 10.8 Å². The molecule has 0 saturated carbocycles. The summed E-state index contributed by atoms with van der Waals surface area (Å²) in [5.74, 6) is -1.43. The number of benzene rings is 1. The van der Waals surface area contributed by atoms with E-state index in [9.17, 15) is 19.7 Å². The molecule has 27 heavy (non-hydrogen) atoms. The highest BCUT2D eigenvalue weighted by Gasteiger charge is 2.21. The molecule has 0 fully saturated rings. The Morgan fingerprint density at radius 1 is 1.48 bits per heavy atom. The first-order valence-electron chi connectivity index (χ1n) is 7.49.